The molecule has 4 nitrogen and oxygen atoms in total. The lowest BCUT2D eigenvalue weighted by molar-refractivity contribution is -0.384. The highest BCUT2D eigenvalue weighted by atomic mass is 35.5. The summed E-state index contributed by atoms with van der Waals surface area (Å²) in [5.74, 6) is 0.143. The van der Waals surface area contributed by atoms with Crippen molar-refractivity contribution in [2.45, 2.75) is 39.7 Å². The van der Waals surface area contributed by atoms with E-state index in [4.69, 9.17) is 11.6 Å². The number of aryl methyl sites for hydroxylation is 1. The third kappa shape index (κ3) is 3.00. The molecule has 0 heterocycles. The Morgan fingerprint density at radius 1 is 1.33 bits per heavy atom. The maximum Gasteiger partial charge on any atom is 0.288 e. The third-order valence-corrected chi connectivity index (χ3v) is 3.43. The van der Waals surface area contributed by atoms with Crippen LogP contribution in [0.1, 0.15) is 37.8 Å². The van der Waals surface area contributed by atoms with E-state index < -0.39 is 11.0 Å². The van der Waals surface area contributed by atoms with Gasteiger partial charge in [0.15, 0.2) is 0 Å². The molecule has 0 aliphatic carbocycles. The number of nitro groups is 1. The molecular weight excluding hydrogens is 254 g/mol. The predicted molar refractivity (Wildman–Crippen MR) is 72.1 cm³/mol. The number of rotatable bonds is 4. The van der Waals surface area contributed by atoms with Gasteiger partial charge in [0.25, 0.3) is 5.69 Å². The lowest BCUT2D eigenvalue weighted by atomic mass is 9.82. The van der Waals surface area contributed by atoms with Gasteiger partial charge in [0, 0.05) is 12.0 Å². The van der Waals surface area contributed by atoms with Crippen molar-refractivity contribution in [1.29, 1.82) is 0 Å². The van der Waals surface area contributed by atoms with Crippen molar-refractivity contribution in [3.8, 4) is 0 Å². The molecule has 5 heteroatoms. The number of hydrogen-bond acceptors (Lipinski definition) is 3. The van der Waals surface area contributed by atoms with Gasteiger partial charge >= 0.3 is 0 Å². The topological polar surface area (TPSA) is 63.4 Å². The molecule has 0 amide bonds. The summed E-state index contributed by atoms with van der Waals surface area (Å²) in [5.41, 5.74) is 1.56. The normalized spacial score (nSPS) is 14.6. The number of hydrogen-bond donors (Lipinski definition) is 1. The van der Waals surface area contributed by atoms with Gasteiger partial charge in [-0.3, -0.25) is 10.1 Å². The Balaban J connectivity index is 3.34. The van der Waals surface area contributed by atoms with Gasteiger partial charge in [0.1, 0.15) is 5.02 Å². The molecule has 0 aromatic heterocycles. The number of nitrogens with zero attached hydrogens (tertiary/aromatic N) is 1. The molecule has 0 saturated carbocycles. The monoisotopic (exact) mass is 271 g/mol. The van der Waals surface area contributed by atoms with Gasteiger partial charge in [0.05, 0.1) is 11.0 Å². The minimum Gasteiger partial charge on any atom is -0.393 e. The highest BCUT2D eigenvalue weighted by molar-refractivity contribution is 6.32. The zero-order chi connectivity index (χ0) is 14.0. The SMILES string of the molecule is Cc1cc([N+](=O)[O-])c(Cl)cc1C(C(C)C)C(C)O. The Hall–Kier alpha value is -1.13. The molecule has 0 bridgehead atoms. The molecule has 0 radical (unpaired) electrons. The van der Waals surface area contributed by atoms with Crippen molar-refractivity contribution in [2.75, 3.05) is 0 Å². The summed E-state index contributed by atoms with van der Waals surface area (Å²) in [6.45, 7) is 7.54. The number of benzene rings is 1. The van der Waals surface area contributed by atoms with Gasteiger partial charge in [-0.05, 0) is 37.0 Å². The van der Waals surface area contributed by atoms with Crippen molar-refractivity contribution in [3.05, 3.63) is 38.4 Å². The molecular formula is C13H18ClNO3. The van der Waals surface area contributed by atoms with Crippen molar-refractivity contribution >= 4 is 17.3 Å². The maximum absolute atomic E-state index is 10.8. The summed E-state index contributed by atoms with van der Waals surface area (Å²) in [5, 5.41) is 20.8. The van der Waals surface area contributed by atoms with Gasteiger partial charge in [-0.1, -0.05) is 25.4 Å². The molecule has 2 unspecified atom stereocenters. The smallest absolute Gasteiger partial charge is 0.288 e. The first-order valence-electron chi connectivity index (χ1n) is 5.88. The van der Waals surface area contributed by atoms with E-state index in [1.165, 1.54) is 6.07 Å². The van der Waals surface area contributed by atoms with E-state index in [2.05, 4.69) is 0 Å². The Kier molecular flexibility index (Phi) is 4.71. The van der Waals surface area contributed by atoms with Crippen LogP contribution in [0.15, 0.2) is 12.1 Å². The molecule has 0 aliphatic rings. The first kappa shape index (κ1) is 14.9. The lowest BCUT2D eigenvalue weighted by Crippen LogP contribution is -2.21. The van der Waals surface area contributed by atoms with E-state index in [1.807, 2.05) is 13.8 Å². The van der Waals surface area contributed by atoms with Crippen molar-refractivity contribution in [1.82, 2.24) is 0 Å². The summed E-state index contributed by atoms with van der Waals surface area (Å²) >= 11 is 5.93. The van der Waals surface area contributed by atoms with Gasteiger partial charge in [-0.25, -0.2) is 0 Å². The zero-order valence-electron chi connectivity index (χ0n) is 11.0. The van der Waals surface area contributed by atoms with E-state index in [-0.39, 0.29) is 22.5 Å². The fourth-order valence-electron chi connectivity index (χ4n) is 2.36. The van der Waals surface area contributed by atoms with E-state index in [9.17, 15) is 15.2 Å². The van der Waals surface area contributed by atoms with Gasteiger partial charge in [-0.2, -0.15) is 0 Å². The fraction of sp³-hybridized carbons (Fsp3) is 0.538. The summed E-state index contributed by atoms with van der Waals surface area (Å²) in [6.07, 6.45) is -0.527. The first-order chi connectivity index (χ1) is 8.25. The second-order valence-corrected chi connectivity index (χ2v) is 5.33. The molecule has 1 rings (SSSR count). The molecule has 0 spiro atoms. The van der Waals surface area contributed by atoms with Gasteiger partial charge < -0.3 is 5.11 Å². The van der Waals surface area contributed by atoms with Crippen molar-refractivity contribution in [3.63, 3.8) is 0 Å². The van der Waals surface area contributed by atoms with Crippen LogP contribution < -0.4 is 0 Å². The first-order valence-corrected chi connectivity index (χ1v) is 6.26. The highest BCUT2D eigenvalue weighted by Gasteiger charge is 2.25. The quantitative estimate of drug-likeness (QED) is 0.671. The molecule has 2 atom stereocenters. The van der Waals surface area contributed by atoms with Crippen LogP contribution in [0.2, 0.25) is 5.02 Å². The maximum atomic E-state index is 10.8. The van der Waals surface area contributed by atoms with Crippen LogP contribution in [0, 0.1) is 23.0 Å². The molecule has 18 heavy (non-hydrogen) atoms. The zero-order valence-corrected chi connectivity index (χ0v) is 11.7. The minimum atomic E-state index is -0.527. The highest BCUT2D eigenvalue weighted by Crippen LogP contribution is 2.36. The second-order valence-electron chi connectivity index (χ2n) is 4.93. The fourth-order valence-corrected chi connectivity index (χ4v) is 2.60. The standard InChI is InChI=1S/C13H18ClNO3/c1-7(2)13(9(4)16)10-6-11(14)12(15(17)18)5-8(10)3/h5-7,9,13,16H,1-4H3. The molecule has 0 saturated heterocycles. The van der Waals surface area contributed by atoms with Crippen LogP contribution in [0.4, 0.5) is 5.69 Å². The number of nitro benzene ring substituents is 1. The van der Waals surface area contributed by atoms with Crippen molar-refractivity contribution in [2.24, 2.45) is 5.92 Å². The summed E-state index contributed by atoms with van der Waals surface area (Å²) in [6, 6.07) is 3.07. The average Bonchev–Trinajstić information content (AvgIpc) is 2.21. The summed E-state index contributed by atoms with van der Waals surface area (Å²) < 4.78 is 0. The van der Waals surface area contributed by atoms with Gasteiger partial charge in [0.2, 0.25) is 0 Å². The molecule has 1 N–H and O–H groups in total. The summed E-state index contributed by atoms with van der Waals surface area (Å²) in [4.78, 5) is 10.3. The Bertz CT molecular complexity index is 450. The van der Waals surface area contributed by atoms with Crippen LogP contribution in [-0.4, -0.2) is 16.1 Å². The van der Waals surface area contributed by atoms with Crippen LogP contribution in [-0.2, 0) is 0 Å². The predicted octanol–water partition coefficient (Wildman–Crippen LogP) is 3.68. The molecule has 0 aliphatic heterocycles. The van der Waals surface area contributed by atoms with E-state index in [1.54, 1.807) is 19.9 Å². The lowest BCUT2D eigenvalue weighted by Gasteiger charge is -2.26. The molecule has 100 valence electrons. The molecule has 1 aromatic carbocycles. The largest absolute Gasteiger partial charge is 0.393 e. The average molecular weight is 272 g/mol. The number of halogens is 1. The van der Waals surface area contributed by atoms with Crippen LogP contribution >= 0.6 is 11.6 Å². The number of aliphatic hydroxyl groups is 1. The van der Waals surface area contributed by atoms with Gasteiger partial charge in [-0.15, -0.1) is 0 Å². The number of aliphatic hydroxyl groups excluding tert-OH is 1. The second kappa shape index (κ2) is 5.67. The van der Waals surface area contributed by atoms with Crippen LogP contribution in [0.5, 0.6) is 0 Å². The van der Waals surface area contributed by atoms with Crippen molar-refractivity contribution < 1.29 is 10.0 Å². The Morgan fingerprint density at radius 2 is 1.89 bits per heavy atom. The molecule has 0 fully saturated rings. The van der Waals surface area contributed by atoms with Crippen LogP contribution in [0.25, 0.3) is 0 Å². The van der Waals surface area contributed by atoms with E-state index in [0.717, 1.165) is 11.1 Å². The molecule has 1 aromatic rings. The van der Waals surface area contributed by atoms with Crippen LogP contribution in [0.3, 0.4) is 0 Å². The third-order valence-electron chi connectivity index (χ3n) is 3.13. The Labute approximate surface area is 112 Å². The Morgan fingerprint density at radius 3 is 2.28 bits per heavy atom. The van der Waals surface area contributed by atoms with E-state index in [0.29, 0.717) is 0 Å². The summed E-state index contributed by atoms with van der Waals surface area (Å²) in [7, 11) is 0. The van der Waals surface area contributed by atoms with E-state index >= 15 is 0 Å². The minimum absolute atomic E-state index is 0.0803.